The van der Waals surface area contributed by atoms with Gasteiger partial charge in [0.05, 0.1) is 5.56 Å². The van der Waals surface area contributed by atoms with Gasteiger partial charge in [-0.25, -0.2) is 18.7 Å². The Morgan fingerprint density at radius 2 is 1.92 bits per heavy atom. The summed E-state index contributed by atoms with van der Waals surface area (Å²) in [5.74, 6) is -2.88. The van der Waals surface area contributed by atoms with E-state index in [9.17, 15) is 13.6 Å². The third-order valence-corrected chi connectivity index (χ3v) is 4.94. The fourth-order valence-corrected chi connectivity index (χ4v) is 3.36. The van der Waals surface area contributed by atoms with E-state index < -0.39 is 17.7 Å². The second-order valence-electron chi connectivity index (χ2n) is 6.63. The molecule has 5 nitrogen and oxygen atoms in total. The second-order valence-corrected chi connectivity index (χ2v) is 6.63. The maximum absolute atomic E-state index is 13.8. The summed E-state index contributed by atoms with van der Waals surface area (Å²) in [6.07, 6.45) is 6.42. The van der Waals surface area contributed by atoms with Crippen LogP contribution in [0.2, 0.25) is 0 Å². The van der Waals surface area contributed by atoms with E-state index in [4.69, 9.17) is 4.74 Å². The molecule has 1 aliphatic heterocycles. The van der Waals surface area contributed by atoms with E-state index in [0.29, 0.717) is 37.4 Å². The molecule has 1 amide bonds. The third-order valence-electron chi connectivity index (χ3n) is 4.94. The Morgan fingerprint density at radius 1 is 1.21 bits per heavy atom. The zero-order valence-corrected chi connectivity index (χ0v) is 13.6. The predicted molar refractivity (Wildman–Crippen MR) is 84.1 cm³/mol. The lowest BCUT2D eigenvalue weighted by atomic mass is 9.85. The normalized spacial score (nSPS) is 24.5. The minimum Gasteiger partial charge on any atom is -0.381 e. The molecule has 1 saturated carbocycles. The molecular formula is C17H23F2N3O2. The Balaban J connectivity index is 1.55. The number of rotatable bonds is 4. The van der Waals surface area contributed by atoms with E-state index in [2.05, 4.69) is 15.3 Å². The SMILES string of the molecule is O=C(NCC1CCCCC1(F)F)c1cnc(C2CCOCC2)nc1. The number of nitrogens with one attached hydrogen (secondary N) is 1. The number of hydrogen-bond donors (Lipinski definition) is 1. The number of halogens is 2. The summed E-state index contributed by atoms with van der Waals surface area (Å²) in [6, 6.07) is 0. The first-order chi connectivity index (χ1) is 11.6. The van der Waals surface area contributed by atoms with Crippen LogP contribution in [0.15, 0.2) is 12.4 Å². The van der Waals surface area contributed by atoms with Crippen LogP contribution in [0.5, 0.6) is 0 Å². The van der Waals surface area contributed by atoms with Crippen molar-refractivity contribution in [2.75, 3.05) is 19.8 Å². The average molecular weight is 339 g/mol. The van der Waals surface area contributed by atoms with Gasteiger partial charge in [-0.3, -0.25) is 4.79 Å². The second kappa shape index (κ2) is 7.51. The maximum Gasteiger partial charge on any atom is 0.254 e. The van der Waals surface area contributed by atoms with Crippen LogP contribution in [0, 0.1) is 5.92 Å². The molecule has 0 radical (unpaired) electrons. The number of hydrogen-bond acceptors (Lipinski definition) is 4. The topological polar surface area (TPSA) is 64.1 Å². The summed E-state index contributed by atoms with van der Waals surface area (Å²) in [4.78, 5) is 20.7. The molecule has 1 atom stereocenters. The smallest absolute Gasteiger partial charge is 0.254 e. The van der Waals surface area contributed by atoms with Crippen LogP contribution in [0.25, 0.3) is 0 Å². The lowest BCUT2D eigenvalue weighted by Crippen LogP contribution is -2.40. The number of amides is 1. The fourth-order valence-electron chi connectivity index (χ4n) is 3.36. The summed E-state index contributed by atoms with van der Waals surface area (Å²) in [7, 11) is 0. The number of alkyl halides is 2. The van der Waals surface area contributed by atoms with Crippen molar-refractivity contribution in [2.24, 2.45) is 5.92 Å². The molecule has 1 unspecified atom stereocenters. The molecule has 1 saturated heterocycles. The van der Waals surface area contributed by atoms with Gasteiger partial charge in [0, 0.05) is 50.4 Å². The number of nitrogens with zero attached hydrogens (tertiary/aromatic N) is 2. The molecule has 0 bridgehead atoms. The van der Waals surface area contributed by atoms with Crippen molar-refractivity contribution < 1.29 is 18.3 Å². The van der Waals surface area contributed by atoms with E-state index in [1.165, 1.54) is 12.4 Å². The average Bonchev–Trinajstić information content (AvgIpc) is 2.61. The number of aromatic nitrogens is 2. The summed E-state index contributed by atoms with van der Waals surface area (Å²) in [5, 5.41) is 2.60. The highest BCUT2D eigenvalue weighted by atomic mass is 19.3. The fraction of sp³-hybridized carbons (Fsp3) is 0.706. The van der Waals surface area contributed by atoms with Crippen LogP contribution in [-0.4, -0.2) is 41.6 Å². The van der Waals surface area contributed by atoms with Gasteiger partial charge < -0.3 is 10.1 Å². The predicted octanol–water partition coefficient (Wildman–Crippen LogP) is 2.93. The minimum atomic E-state index is -2.69. The molecule has 1 aliphatic carbocycles. The third kappa shape index (κ3) is 4.06. The van der Waals surface area contributed by atoms with E-state index in [1.807, 2.05) is 0 Å². The molecule has 132 valence electrons. The van der Waals surface area contributed by atoms with Crippen molar-refractivity contribution in [1.82, 2.24) is 15.3 Å². The van der Waals surface area contributed by atoms with Crippen LogP contribution in [-0.2, 0) is 4.74 Å². The van der Waals surface area contributed by atoms with Gasteiger partial charge in [-0.2, -0.15) is 0 Å². The summed E-state index contributed by atoms with van der Waals surface area (Å²) in [6.45, 7) is 1.39. The molecule has 24 heavy (non-hydrogen) atoms. The van der Waals surface area contributed by atoms with Crippen molar-refractivity contribution in [3.8, 4) is 0 Å². The Bertz CT molecular complexity index is 559. The molecule has 3 rings (SSSR count). The van der Waals surface area contributed by atoms with E-state index in [-0.39, 0.29) is 18.9 Å². The van der Waals surface area contributed by atoms with Crippen molar-refractivity contribution in [2.45, 2.75) is 50.4 Å². The summed E-state index contributed by atoms with van der Waals surface area (Å²) >= 11 is 0. The monoisotopic (exact) mass is 339 g/mol. The lowest BCUT2D eigenvalue weighted by Gasteiger charge is -2.31. The van der Waals surface area contributed by atoms with Crippen molar-refractivity contribution >= 4 is 5.91 Å². The van der Waals surface area contributed by atoms with Gasteiger partial charge in [-0.1, -0.05) is 6.42 Å². The van der Waals surface area contributed by atoms with Gasteiger partial charge in [0.15, 0.2) is 0 Å². The van der Waals surface area contributed by atoms with Crippen molar-refractivity contribution in [1.29, 1.82) is 0 Å². The van der Waals surface area contributed by atoms with Gasteiger partial charge in [-0.15, -0.1) is 0 Å². The zero-order valence-electron chi connectivity index (χ0n) is 13.6. The van der Waals surface area contributed by atoms with E-state index in [1.54, 1.807) is 0 Å². The van der Waals surface area contributed by atoms with Gasteiger partial charge in [0.1, 0.15) is 5.82 Å². The van der Waals surface area contributed by atoms with Gasteiger partial charge in [0.2, 0.25) is 0 Å². The quantitative estimate of drug-likeness (QED) is 0.916. The zero-order chi connectivity index (χ0) is 17.0. The summed E-state index contributed by atoms with van der Waals surface area (Å²) < 4.78 is 32.9. The highest BCUT2D eigenvalue weighted by molar-refractivity contribution is 5.93. The number of carbonyl (C=O) groups excluding carboxylic acids is 1. The van der Waals surface area contributed by atoms with Crippen LogP contribution < -0.4 is 5.32 Å². The number of ether oxygens (including phenoxy) is 1. The standard InChI is InChI=1S/C17H23F2N3O2/c18-17(19)6-2-1-3-14(17)11-22-16(23)13-9-20-15(21-10-13)12-4-7-24-8-5-12/h9-10,12,14H,1-8,11H2,(H,22,23). The summed E-state index contributed by atoms with van der Waals surface area (Å²) in [5.41, 5.74) is 0.310. The van der Waals surface area contributed by atoms with Gasteiger partial charge in [-0.05, 0) is 25.7 Å². The lowest BCUT2D eigenvalue weighted by molar-refractivity contribution is -0.0835. The highest BCUT2D eigenvalue weighted by Crippen LogP contribution is 2.37. The van der Waals surface area contributed by atoms with Crippen LogP contribution in [0.3, 0.4) is 0 Å². The molecule has 0 spiro atoms. The Morgan fingerprint density at radius 3 is 2.58 bits per heavy atom. The molecule has 1 aromatic heterocycles. The molecule has 1 aromatic rings. The minimum absolute atomic E-state index is 0.00640. The largest absolute Gasteiger partial charge is 0.381 e. The molecule has 2 fully saturated rings. The van der Waals surface area contributed by atoms with Crippen molar-refractivity contribution in [3.05, 3.63) is 23.8 Å². The highest BCUT2D eigenvalue weighted by Gasteiger charge is 2.41. The van der Waals surface area contributed by atoms with Gasteiger partial charge in [0.25, 0.3) is 11.8 Å². The first-order valence-electron chi connectivity index (χ1n) is 8.62. The Labute approximate surface area is 140 Å². The van der Waals surface area contributed by atoms with Crippen LogP contribution in [0.4, 0.5) is 8.78 Å². The van der Waals surface area contributed by atoms with E-state index >= 15 is 0 Å². The van der Waals surface area contributed by atoms with E-state index in [0.717, 1.165) is 19.3 Å². The number of carbonyl (C=O) groups is 1. The molecule has 2 heterocycles. The molecule has 7 heteroatoms. The van der Waals surface area contributed by atoms with Crippen LogP contribution in [0.1, 0.15) is 60.6 Å². The Hall–Kier alpha value is -1.63. The van der Waals surface area contributed by atoms with Gasteiger partial charge >= 0.3 is 0 Å². The molecule has 2 aliphatic rings. The first-order valence-corrected chi connectivity index (χ1v) is 8.62. The van der Waals surface area contributed by atoms with Crippen molar-refractivity contribution in [3.63, 3.8) is 0 Å². The molecular weight excluding hydrogens is 316 g/mol. The molecule has 1 N–H and O–H groups in total. The van der Waals surface area contributed by atoms with Crippen LogP contribution >= 0.6 is 0 Å². The molecule has 0 aromatic carbocycles. The Kier molecular flexibility index (Phi) is 5.38. The maximum atomic E-state index is 13.8. The first kappa shape index (κ1) is 17.2.